The first kappa shape index (κ1) is 26.4. The standard InChI is InChI=1S/C24H26ClN9O4S/c1-14-2-4-16(5-3-14)39(37,38)34-9-6-15(12-34)22(36)33-10-7-24(8-11-33)13-28-23(32-24)31-21(35)17-19(26)30-20(27)18(25)29-17/h2-6,9,12H,7-8,10-11,13H2,1H3,(H4,26,27,30)(H2,28,31,32,35). The first-order chi connectivity index (χ1) is 18.5. The van der Waals surface area contributed by atoms with Gasteiger partial charge in [0.1, 0.15) is 0 Å². The summed E-state index contributed by atoms with van der Waals surface area (Å²) in [4.78, 5) is 39.2. The molecule has 0 atom stereocenters. The van der Waals surface area contributed by atoms with Gasteiger partial charge in [-0.25, -0.2) is 22.4 Å². The Balaban J connectivity index is 1.22. The highest BCUT2D eigenvalue weighted by molar-refractivity contribution is 7.90. The van der Waals surface area contributed by atoms with Gasteiger partial charge in [-0.2, -0.15) is 4.99 Å². The van der Waals surface area contributed by atoms with E-state index in [-0.39, 0.29) is 44.8 Å². The van der Waals surface area contributed by atoms with Crippen molar-refractivity contribution in [1.29, 1.82) is 0 Å². The highest BCUT2D eigenvalue weighted by Gasteiger charge is 2.41. The summed E-state index contributed by atoms with van der Waals surface area (Å²) in [5.41, 5.74) is 11.9. The predicted molar refractivity (Wildman–Crippen MR) is 145 cm³/mol. The lowest BCUT2D eigenvalue weighted by molar-refractivity contribution is 0.0669. The van der Waals surface area contributed by atoms with Crippen molar-refractivity contribution in [3.63, 3.8) is 0 Å². The maximum atomic E-state index is 13.1. The van der Waals surface area contributed by atoms with Crippen LogP contribution >= 0.6 is 11.6 Å². The van der Waals surface area contributed by atoms with Gasteiger partial charge in [-0.05, 0) is 38.0 Å². The van der Waals surface area contributed by atoms with E-state index < -0.39 is 21.5 Å². The first-order valence-corrected chi connectivity index (χ1v) is 13.8. The summed E-state index contributed by atoms with van der Waals surface area (Å²) in [6.45, 7) is 3.22. The van der Waals surface area contributed by atoms with E-state index >= 15 is 0 Å². The van der Waals surface area contributed by atoms with Crippen molar-refractivity contribution in [3.05, 3.63) is 64.7 Å². The Hall–Kier alpha value is -4.17. The molecule has 2 fully saturated rings. The average molecular weight is 572 g/mol. The number of anilines is 2. The van der Waals surface area contributed by atoms with Gasteiger partial charge in [0.15, 0.2) is 28.4 Å². The maximum absolute atomic E-state index is 13.1. The molecule has 2 aliphatic rings. The molecule has 0 unspecified atom stereocenters. The van der Waals surface area contributed by atoms with Crippen LogP contribution in [0.3, 0.4) is 0 Å². The number of hydrogen-bond donors (Lipinski definition) is 4. The van der Waals surface area contributed by atoms with E-state index in [1.54, 1.807) is 17.0 Å². The third-order valence-electron chi connectivity index (χ3n) is 6.82. The molecule has 4 heterocycles. The molecule has 2 aromatic heterocycles. The zero-order valence-corrected chi connectivity index (χ0v) is 22.5. The molecule has 1 spiro atoms. The number of aliphatic imine (C=N–C) groups is 1. The molecule has 15 heteroatoms. The molecule has 39 heavy (non-hydrogen) atoms. The fourth-order valence-electron chi connectivity index (χ4n) is 4.52. The summed E-state index contributed by atoms with van der Waals surface area (Å²) in [5, 5.41) is 6.18. The van der Waals surface area contributed by atoms with Gasteiger partial charge in [-0.3, -0.25) is 9.59 Å². The van der Waals surface area contributed by atoms with E-state index in [0.29, 0.717) is 32.5 Å². The Labute approximate surface area is 229 Å². The minimum absolute atomic E-state index is 0.0831. The number of benzene rings is 1. The summed E-state index contributed by atoms with van der Waals surface area (Å²) in [6, 6.07) is 8.03. The number of likely N-dealkylation sites (tertiary alicyclic amines) is 1. The first-order valence-electron chi connectivity index (χ1n) is 12.0. The van der Waals surface area contributed by atoms with Gasteiger partial charge in [-0.15, -0.1) is 0 Å². The van der Waals surface area contributed by atoms with Crippen LogP contribution in [0.2, 0.25) is 5.15 Å². The third-order valence-corrected chi connectivity index (χ3v) is 8.75. The second-order valence-electron chi connectivity index (χ2n) is 9.50. The number of nitrogens with two attached hydrogens (primary N) is 2. The number of nitrogen functional groups attached to an aromatic ring is 2. The summed E-state index contributed by atoms with van der Waals surface area (Å²) in [5.74, 6) is -0.988. The number of halogens is 1. The number of piperidine rings is 1. The van der Waals surface area contributed by atoms with Crippen molar-refractivity contribution in [2.45, 2.75) is 30.2 Å². The molecule has 204 valence electrons. The molecule has 2 saturated heterocycles. The lowest BCUT2D eigenvalue weighted by Gasteiger charge is -2.38. The fraction of sp³-hybridized carbons (Fsp3) is 0.292. The largest absolute Gasteiger partial charge is 0.382 e. The quantitative estimate of drug-likeness (QED) is 0.351. The van der Waals surface area contributed by atoms with Crippen molar-refractivity contribution >= 4 is 51.0 Å². The van der Waals surface area contributed by atoms with E-state index in [9.17, 15) is 18.0 Å². The van der Waals surface area contributed by atoms with Gasteiger partial charge >= 0.3 is 5.91 Å². The van der Waals surface area contributed by atoms with Crippen molar-refractivity contribution in [2.75, 3.05) is 31.1 Å². The monoisotopic (exact) mass is 571 g/mol. The van der Waals surface area contributed by atoms with Crippen LogP contribution in [-0.4, -0.2) is 70.2 Å². The van der Waals surface area contributed by atoms with Gasteiger partial charge in [0.2, 0.25) is 0 Å². The third kappa shape index (κ3) is 5.12. The van der Waals surface area contributed by atoms with Crippen LogP contribution in [-0.2, 0) is 10.0 Å². The number of rotatable bonds is 4. The minimum atomic E-state index is -3.80. The second kappa shape index (κ2) is 9.85. The Morgan fingerprint density at radius 2 is 1.77 bits per heavy atom. The lowest BCUT2D eigenvalue weighted by atomic mass is 9.88. The van der Waals surface area contributed by atoms with Crippen LogP contribution < -0.4 is 22.1 Å². The van der Waals surface area contributed by atoms with E-state index in [0.717, 1.165) is 9.54 Å². The van der Waals surface area contributed by atoms with Gasteiger partial charge in [0.05, 0.1) is 16.0 Å². The smallest absolute Gasteiger partial charge is 0.302 e. The Kier molecular flexibility index (Phi) is 6.68. The summed E-state index contributed by atoms with van der Waals surface area (Å²) in [6.07, 6.45) is 3.88. The van der Waals surface area contributed by atoms with Crippen LogP contribution in [0.25, 0.3) is 0 Å². The van der Waals surface area contributed by atoms with Crippen molar-refractivity contribution in [3.8, 4) is 0 Å². The molecule has 0 bridgehead atoms. The van der Waals surface area contributed by atoms with Crippen LogP contribution in [0.15, 0.2) is 52.6 Å². The van der Waals surface area contributed by atoms with E-state index in [1.807, 2.05) is 6.92 Å². The minimum Gasteiger partial charge on any atom is -0.382 e. The number of amides is 2. The number of nitrogens with zero attached hydrogens (tertiary/aromatic N) is 5. The van der Waals surface area contributed by atoms with Crippen molar-refractivity contribution < 1.29 is 18.0 Å². The van der Waals surface area contributed by atoms with Crippen LogP contribution in [0.5, 0.6) is 0 Å². The molecule has 2 amide bonds. The summed E-state index contributed by atoms with van der Waals surface area (Å²) >= 11 is 5.85. The number of hydrogen-bond acceptors (Lipinski definition) is 8. The Morgan fingerprint density at radius 1 is 1.08 bits per heavy atom. The molecule has 3 aromatic rings. The van der Waals surface area contributed by atoms with Crippen molar-refractivity contribution in [2.24, 2.45) is 4.99 Å². The second-order valence-corrected chi connectivity index (χ2v) is 11.7. The number of guanidine groups is 1. The molecule has 13 nitrogen and oxygen atoms in total. The summed E-state index contributed by atoms with van der Waals surface area (Å²) < 4.78 is 26.9. The van der Waals surface area contributed by atoms with E-state index in [2.05, 4.69) is 25.6 Å². The van der Waals surface area contributed by atoms with E-state index in [1.165, 1.54) is 30.6 Å². The topological polar surface area (TPSA) is 191 Å². The Morgan fingerprint density at radius 3 is 2.46 bits per heavy atom. The summed E-state index contributed by atoms with van der Waals surface area (Å²) in [7, 11) is -3.80. The van der Waals surface area contributed by atoms with Crippen molar-refractivity contribution in [1.82, 2.24) is 29.5 Å². The zero-order valence-electron chi connectivity index (χ0n) is 20.9. The number of carbonyl (C=O) groups is 2. The normalized spacial score (nSPS) is 17.7. The Bertz CT molecular complexity index is 1590. The van der Waals surface area contributed by atoms with E-state index in [4.69, 9.17) is 23.1 Å². The molecular formula is C24H26ClN9O4S. The highest BCUT2D eigenvalue weighted by atomic mass is 35.5. The number of aromatic nitrogens is 3. The highest BCUT2D eigenvalue weighted by Crippen LogP contribution is 2.26. The molecule has 5 rings (SSSR count). The molecule has 2 aliphatic heterocycles. The molecular weight excluding hydrogens is 546 g/mol. The maximum Gasteiger partial charge on any atom is 0.302 e. The van der Waals surface area contributed by atoms with Crippen LogP contribution in [0.4, 0.5) is 11.6 Å². The van der Waals surface area contributed by atoms with Crippen LogP contribution in [0.1, 0.15) is 39.3 Å². The fourth-order valence-corrected chi connectivity index (χ4v) is 5.84. The van der Waals surface area contributed by atoms with Gasteiger partial charge in [-0.1, -0.05) is 29.3 Å². The van der Waals surface area contributed by atoms with Crippen LogP contribution in [0, 0.1) is 6.92 Å². The van der Waals surface area contributed by atoms with Gasteiger partial charge < -0.3 is 27.0 Å². The number of nitrogens with one attached hydrogen (secondary N) is 2. The number of aryl methyl sites for hydroxylation is 1. The molecule has 1 aromatic carbocycles. The molecule has 0 radical (unpaired) electrons. The van der Waals surface area contributed by atoms with Gasteiger partial charge in [0.25, 0.3) is 15.9 Å². The lowest BCUT2D eigenvalue weighted by Crippen LogP contribution is -2.53. The molecule has 6 N–H and O–H groups in total. The molecule has 0 aliphatic carbocycles. The predicted octanol–water partition coefficient (Wildman–Crippen LogP) is 1.01. The SMILES string of the molecule is Cc1ccc(S(=O)(=O)n2ccc(C(=O)N3CCC4(CC3)CN/C(=N\C(=O)c3nc(Cl)c(N)nc3N)N4)c2)cc1. The van der Waals surface area contributed by atoms with Gasteiger partial charge in [0, 0.05) is 32.0 Å². The average Bonchev–Trinajstić information content (AvgIpc) is 3.55. The number of carbonyl (C=O) groups excluding carboxylic acids is 2. The molecule has 0 saturated carbocycles. The zero-order chi connectivity index (χ0) is 27.9.